The van der Waals surface area contributed by atoms with E-state index in [4.69, 9.17) is 9.47 Å². The molecular weight excluding hydrogens is 1270 g/mol. The molecular formula is C41H49F18O21S3-3. The van der Waals surface area contributed by atoms with Crippen LogP contribution in [0.5, 0.6) is 0 Å². The second kappa shape index (κ2) is 27.8. The van der Waals surface area contributed by atoms with E-state index in [0.717, 1.165) is 0 Å². The molecule has 0 radical (unpaired) electrons. The Labute approximate surface area is 458 Å². The summed E-state index contributed by atoms with van der Waals surface area (Å²) in [5.41, 5.74) is -2.98. The van der Waals surface area contributed by atoms with Crippen LogP contribution in [0, 0.1) is 11.8 Å². The molecule has 0 heterocycles. The van der Waals surface area contributed by atoms with E-state index in [2.05, 4.69) is 18.9 Å². The van der Waals surface area contributed by atoms with Gasteiger partial charge in [-0.3, -0.25) is 19.2 Å². The SMILES string of the molecule is CC(F)(F)C(=O)OC12CC3CC(C1)CC(OC(=O)C(F)(F)S(=O)(=O)[O-])(C3)C2.CC(F)(F)C(F)(F)CCC(=O)OCCOC(=O)CCC(F)(F)C(F)(F)S(=O)(=O)[O-].CC(F)(F)C(F)CCOC(=O)CCC(=O)OCCC(F)C(F)(F)S(=O)(=O)[O-]. The molecule has 21 nitrogen and oxygen atoms in total. The Bertz CT molecular complexity index is 2610. The summed E-state index contributed by atoms with van der Waals surface area (Å²) in [6.45, 7) is -2.61. The number of hydrogen-bond acceptors (Lipinski definition) is 21. The van der Waals surface area contributed by atoms with Gasteiger partial charge < -0.3 is 42.1 Å². The number of hydrogen-bond donors (Lipinski definition) is 0. The lowest BCUT2D eigenvalue weighted by atomic mass is 9.52. The van der Waals surface area contributed by atoms with Crippen LogP contribution in [0.25, 0.3) is 0 Å². The Morgan fingerprint density at radius 3 is 1.18 bits per heavy atom. The fraction of sp³-hybridized carbons (Fsp3) is 0.854. The normalized spacial score (nSPS) is 21.4. The van der Waals surface area contributed by atoms with Gasteiger partial charge in [-0.25, -0.2) is 61.2 Å². The number of carbonyl (C=O) groups is 6. The Hall–Kier alpha value is -4.71. The lowest BCUT2D eigenvalue weighted by molar-refractivity contribution is -0.245. The van der Waals surface area contributed by atoms with Gasteiger partial charge in [-0.05, 0) is 43.9 Å². The van der Waals surface area contributed by atoms with Crippen LogP contribution in [0.4, 0.5) is 79.0 Å². The summed E-state index contributed by atoms with van der Waals surface area (Å²) in [7, 11) is -19.2. The molecule has 4 bridgehead atoms. The maximum absolute atomic E-state index is 13.5. The highest BCUT2D eigenvalue weighted by Gasteiger charge is 2.65. The molecule has 0 aromatic rings. The van der Waals surface area contributed by atoms with Crippen molar-refractivity contribution in [3.05, 3.63) is 0 Å². The average Bonchev–Trinajstić information content (AvgIpc) is 2.29. The van der Waals surface area contributed by atoms with E-state index < -0.39 is 213 Å². The Balaban J connectivity index is 0.000000623. The fourth-order valence-electron chi connectivity index (χ4n) is 7.98. The molecule has 4 saturated carbocycles. The standard InChI is InChI=1S/C15H18F4O7S.C13H16F8O7S.C13H18F6O7S/c1-12(16,17)10(20)25-13-3-8-2-9(4-13)6-14(5-8,7-13)26-11(21)15(18,19)27(22,23)24;1-10(14,15)11(16,17)4-2-8(22)27-6-7-28-9(23)3-5-12(18,19)13(20,21)29(24,25)26;1-12(16,17)8(14)4-6-25-10(20)2-3-11(21)26-7-5-9(15)13(18,19)27(22,23)24/h8-9H,2-7H2,1H3,(H,22,23,24);2-7H2,1H3,(H,24,25,26);8-9H,2-7H2,1H3,(H,22,23,24)/p-3. The van der Waals surface area contributed by atoms with Crippen LogP contribution in [-0.2, 0) is 87.5 Å². The molecule has 4 aliphatic rings. The second-order valence-electron chi connectivity index (χ2n) is 19.1. The maximum atomic E-state index is 13.5. The largest absolute Gasteiger partial charge is 0.743 e. The van der Waals surface area contributed by atoms with Crippen LogP contribution in [0.15, 0.2) is 0 Å². The molecule has 4 aliphatic carbocycles. The summed E-state index contributed by atoms with van der Waals surface area (Å²) < 4.78 is 353. The van der Waals surface area contributed by atoms with Crippen molar-refractivity contribution in [2.24, 2.45) is 11.8 Å². The Morgan fingerprint density at radius 1 is 0.494 bits per heavy atom. The predicted molar refractivity (Wildman–Crippen MR) is 229 cm³/mol. The molecule has 0 aromatic heterocycles. The van der Waals surface area contributed by atoms with Crippen molar-refractivity contribution in [2.75, 3.05) is 26.4 Å². The minimum Gasteiger partial charge on any atom is -0.743 e. The minimum atomic E-state index is -6.71. The van der Waals surface area contributed by atoms with Crippen molar-refractivity contribution in [1.29, 1.82) is 0 Å². The monoisotopic (exact) mass is 1320 g/mol. The van der Waals surface area contributed by atoms with Crippen molar-refractivity contribution in [2.45, 2.75) is 180 Å². The van der Waals surface area contributed by atoms with Crippen molar-refractivity contribution in [3.8, 4) is 0 Å². The molecule has 486 valence electrons. The van der Waals surface area contributed by atoms with E-state index in [-0.39, 0.29) is 50.9 Å². The summed E-state index contributed by atoms with van der Waals surface area (Å²) >= 11 is 0. The molecule has 0 N–H and O–H groups in total. The first-order valence-electron chi connectivity index (χ1n) is 23.2. The van der Waals surface area contributed by atoms with Gasteiger partial charge in [0.25, 0.3) is 5.92 Å². The van der Waals surface area contributed by atoms with Crippen molar-refractivity contribution in [1.82, 2.24) is 0 Å². The molecule has 4 unspecified atom stereocenters. The van der Waals surface area contributed by atoms with Crippen LogP contribution in [0.3, 0.4) is 0 Å². The Morgan fingerprint density at radius 2 is 0.843 bits per heavy atom. The minimum absolute atomic E-state index is 0.0519. The van der Waals surface area contributed by atoms with Gasteiger partial charge in [-0.1, -0.05) is 0 Å². The zero-order chi connectivity index (χ0) is 65.2. The summed E-state index contributed by atoms with van der Waals surface area (Å²) in [5.74, 6) is -31.4. The van der Waals surface area contributed by atoms with Crippen molar-refractivity contribution < 1.29 is 175 Å². The molecule has 42 heteroatoms. The van der Waals surface area contributed by atoms with Gasteiger partial charge in [-0.15, -0.1) is 0 Å². The number of alkyl halides is 18. The van der Waals surface area contributed by atoms with Gasteiger partial charge in [0.05, 0.1) is 38.9 Å². The summed E-state index contributed by atoms with van der Waals surface area (Å²) in [6.07, 6.45) is -14.4. The van der Waals surface area contributed by atoms with Crippen LogP contribution in [-0.4, -0.2) is 170 Å². The van der Waals surface area contributed by atoms with Gasteiger partial charge in [0.2, 0.25) is 0 Å². The summed E-state index contributed by atoms with van der Waals surface area (Å²) in [6, 6.07) is 0. The summed E-state index contributed by atoms with van der Waals surface area (Å²) in [4.78, 5) is 68.0. The van der Waals surface area contributed by atoms with E-state index in [1.54, 1.807) is 0 Å². The third kappa shape index (κ3) is 22.3. The molecule has 0 saturated heterocycles. The predicted octanol–water partition coefficient (Wildman–Crippen LogP) is 6.76. The maximum Gasteiger partial charge on any atom is 0.428 e. The van der Waals surface area contributed by atoms with Gasteiger partial charge in [0, 0.05) is 52.9 Å². The first-order chi connectivity index (χ1) is 36.9. The smallest absolute Gasteiger partial charge is 0.428 e. The molecule has 4 rings (SSSR count). The lowest BCUT2D eigenvalue weighted by Crippen LogP contribution is -2.63. The van der Waals surface area contributed by atoms with Crippen LogP contribution in [0.2, 0.25) is 0 Å². The van der Waals surface area contributed by atoms with Crippen LogP contribution < -0.4 is 0 Å². The van der Waals surface area contributed by atoms with Gasteiger partial charge in [-0.2, -0.15) is 52.7 Å². The first-order valence-corrected chi connectivity index (χ1v) is 27.4. The number of carbonyl (C=O) groups excluding carboxylic acids is 6. The second-order valence-corrected chi connectivity index (χ2v) is 23.4. The van der Waals surface area contributed by atoms with E-state index in [1.165, 1.54) is 0 Å². The molecule has 0 spiro atoms. The highest BCUT2D eigenvalue weighted by molar-refractivity contribution is 7.87. The van der Waals surface area contributed by atoms with E-state index in [9.17, 15) is 147 Å². The highest BCUT2D eigenvalue weighted by atomic mass is 32.2. The zero-order valence-electron chi connectivity index (χ0n) is 42.6. The third-order valence-electron chi connectivity index (χ3n) is 11.8. The molecule has 4 atom stereocenters. The highest BCUT2D eigenvalue weighted by Crippen LogP contribution is 2.61. The topological polar surface area (TPSA) is 329 Å². The fourth-order valence-corrected chi connectivity index (χ4v) is 9.12. The molecule has 0 amide bonds. The number of halogens is 18. The summed E-state index contributed by atoms with van der Waals surface area (Å²) in [5, 5.41) is -16.4. The lowest BCUT2D eigenvalue weighted by Gasteiger charge is -2.60. The number of ether oxygens (including phenoxy) is 6. The van der Waals surface area contributed by atoms with Gasteiger partial charge in [0.15, 0.2) is 42.7 Å². The average molecular weight is 1320 g/mol. The van der Waals surface area contributed by atoms with Crippen LogP contribution >= 0.6 is 0 Å². The molecule has 83 heavy (non-hydrogen) atoms. The third-order valence-corrected chi connectivity index (χ3v) is 14.5. The first kappa shape index (κ1) is 76.3. The van der Waals surface area contributed by atoms with Crippen LogP contribution in [0.1, 0.15) is 111 Å². The number of esters is 6. The Kier molecular flexibility index (Phi) is 25.5. The molecule has 4 fully saturated rings. The van der Waals surface area contributed by atoms with E-state index >= 15 is 0 Å². The zero-order valence-corrected chi connectivity index (χ0v) is 45.1. The van der Waals surface area contributed by atoms with Gasteiger partial charge >= 0.3 is 75.3 Å². The van der Waals surface area contributed by atoms with Crippen molar-refractivity contribution >= 4 is 66.2 Å². The van der Waals surface area contributed by atoms with E-state index in [1.807, 2.05) is 0 Å². The van der Waals surface area contributed by atoms with Crippen molar-refractivity contribution in [3.63, 3.8) is 0 Å². The van der Waals surface area contributed by atoms with Gasteiger partial charge in [0.1, 0.15) is 24.4 Å². The molecule has 0 aliphatic heterocycles. The quantitative estimate of drug-likeness (QED) is 0.0245. The number of rotatable bonds is 29. The molecule has 0 aromatic carbocycles. The van der Waals surface area contributed by atoms with E-state index in [0.29, 0.717) is 20.3 Å².